The molecule has 0 spiro atoms. The Labute approximate surface area is 215 Å². The van der Waals surface area contributed by atoms with Gasteiger partial charge in [-0.15, -0.1) is 0 Å². The minimum absolute atomic E-state index is 0.0638. The van der Waals surface area contributed by atoms with E-state index in [-0.39, 0.29) is 29.7 Å². The molecule has 6 rings (SSSR count). The highest BCUT2D eigenvalue weighted by Gasteiger charge is 2.31. The van der Waals surface area contributed by atoms with Crippen molar-refractivity contribution in [3.05, 3.63) is 69.9 Å². The maximum absolute atomic E-state index is 13.4. The van der Waals surface area contributed by atoms with Crippen molar-refractivity contribution in [2.24, 2.45) is 0 Å². The summed E-state index contributed by atoms with van der Waals surface area (Å²) >= 11 is 0. The van der Waals surface area contributed by atoms with E-state index >= 15 is 0 Å². The van der Waals surface area contributed by atoms with Gasteiger partial charge in [0.15, 0.2) is 5.65 Å². The van der Waals surface area contributed by atoms with Gasteiger partial charge < -0.3 is 10.4 Å². The van der Waals surface area contributed by atoms with Crippen molar-refractivity contribution >= 4 is 22.7 Å². The highest BCUT2D eigenvalue weighted by molar-refractivity contribution is 5.77. The Kier molecular flexibility index (Phi) is 5.65. The lowest BCUT2D eigenvalue weighted by atomic mass is 9.91. The Hall–Kier alpha value is -3.56. The molecule has 2 N–H and O–H groups in total. The standard InChI is InChI=1S/C28H33N7O2/c1-28(2,3)24-13-21(9-10-29-24)34-25-23(26(37)35(34)20-7-8-20)14-30-27(32-25)31-19-6-5-17-15-33(4)22(16-36)12-18(17)11-19/h5-6,9-11,13-14,20,22,36H,7-8,12,15-16H2,1-4H3,(H,30,31,32). The second-order valence-corrected chi connectivity index (χ2v) is 11.3. The second kappa shape index (κ2) is 8.78. The summed E-state index contributed by atoms with van der Waals surface area (Å²) in [5, 5.41) is 13.6. The summed E-state index contributed by atoms with van der Waals surface area (Å²) in [6.45, 7) is 7.33. The average Bonchev–Trinajstić information content (AvgIpc) is 3.67. The second-order valence-electron chi connectivity index (χ2n) is 11.3. The normalized spacial score (nSPS) is 18.2. The van der Waals surface area contributed by atoms with Crippen LogP contribution in [-0.2, 0) is 18.4 Å². The maximum Gasteiger partial charge on any atom is 0.278 e. The van der Waals surface area contributed by atoms with E-state index in [1.54, 1.807) is 12.4 Å². The molecule has 192 valence electrons. The molecule has 1 saturated carbocycles. The van der Waals surface area contributed by atoms with E-state index in [1.807, 2.05) is 34.6 Å². The van der Waals surface area contributed by atoms with Gasteiger partial charge in [0.25, 0.3) is 5.56 Å². The van der Waals surface area contributed by atoms with Gasteiger partial charge in [0, 0.05) is 41.8 Å². The number of fused-ring (bicyclic) bond motifs is 2. The fourth-order valence-electron chi connectivity index (χ4n) is 5.11. The van der Waals surface area contributed by atoms with Crippen molar-refractivity contribution in [3.8, 4) is 5.69 Å². The zero-order valence-electron chi connectivity index (χ0n) is 21.8. The van der Waals surface area contributed by atoms with Crippen LogP contribution in [0, 0.1) is 0 Å². The Morgan fingerprint density at radius 2 is 1.92 bits per heavy atom. The van der Waals surface area contributed by atoms with Gasteiger partial charge in [0.2, 0.25) is 5.95 Å². The number of aliphatic hydroxyl groups excluding tert-OH is 1. The smallest absolute Gasteiger partial charge is 0.278 e. The molecule has 3 aromatic heterocycles. The number of rotatable bonds is 5. The number of pyridine rings is 1. The molecule has 4 heterocycles. The van der Waals surface area contributed by atoms with Crippen molar-refractivity contribution in [1.29, 1.82) is 0 Å². The number of hydrogen-bond acceptors (Lipinski definition) is 7. The predicted octanol–water partition coefficient (Wildman–Crippen LogP) is 3.70. The fourth-order valence-corrected chi connectivity index (χ4v) is 5.11. The molecule has 1 aromatic carbocycles. The third kappa shape index (κ3) is 4.32. The molecule has 1 atom stereocenters. The molecule has 1 aliphatic carbocycles. The predicted molar refractivity (Wildman–Crippen MR) is 144 cm³/mol. The third-order valence-electron chi connectivity index (χ3n) is 7.44. The maximum atomic E-state index is 13.4. The first kappa shape index (κ1) is 23.8. The summed E-state index contributed by atoms with van der Waals surface area (Å²) in [7, 11) is 2.04. The van der Waals surface area contributed by atoms with Crippen LogP contribution in [0.2, 0.25) is 0 Å². The summed E-state index contributed by atoms with van der Waals surface area (Å²) in [5.41, 5.74) is 5.58. The van der Waals surface area contributed by atoms with Gasteiger partial charge in [0.1, 0.15) is 5.39 Å². The van der Waals surface area contributed by atoms with E-state index in [4.69, 9.17) is 4.98 Å². The molecule has 1 unspecified atom stereocenters. The van der Waals surface area contributed by atoms with Crippen LogP contribution in [0.15, 0.2) is 47.5 Å². The van der Waals surface area contributed by atoms with Crippen LogP contribution < -0.4 is 10.9 Å². The van der Waals surface area contributed by atoms with E-state index in [2.05, 4.69) is 53.1 Å². The quantitative estimate of drug-likeness (QED) is 0.432. The Bertz CT molecular complexity index is 1540. The molecule has 4 aromatic rings. The molecule has 2 aliphatic rings. The Balaban J connectivity index is 1.41. The largest absolute Gasteiger partial charge is 0.395 e. The van der Waals surface area contributed by atoms with Gasteiger partial charge in [-0.3, -0.25) is 14.7 Å². The van der Waals surface area contributed by atoms with Crippen LogP contribution in [0.1, 0.15) is 56.5 Å². The van der Waals surface area contributed by atoms with Crippen molar-refractivity contribution in [1.82, 2.24) is 29.2 Å². The molecule has 9 heteroatoms. The molecule has 0 radical (unpaired) electrons. The number of aliphatic hydroxyl groups is 1. The first-order valence-corrected chi connectivity index (χ1v) is 12.9. The molecular formula is C28H33N7O2. The number of hydrogen-bond donors (Lipinski definition) is 2. The lowest BCUT2D eigenvalue weighted by Gasteiger charge is -2.33. The number of benzene rings is 1. The number of nitrogens with one attached hydrogen (secondary N) is 1. The summed E-state index contributed by atoms with van der Waals surface area (Å²) in [6, 6.07) is 10.5. The highest BCUT2D eigenvalue weighted by atomic mass is 16.3. The minimum atomic E-state index is -0.123. The van der Waals surface area contributed by atoms with Gasteiger partial charge in [0.05, 0.1) is 18.3 Å². The van der Waals surface area contributed by atoms with E-state index in [9.17, 15) is 9.90 Å². The van der Waals surface area contributed by atoms with Crippen LogP contribution >= 0.6 is 0 Å². The topological polar surface area (TPSA) is 101 Å². The van der Waals surface area contributed by atoms with E-state index in [0.29, 0.717) is 17.0 Å². The summed E-state index contributed by atoms with van der Waals surface area (Å²) in [6.07, 6.45) is 6.17. The Morgan fingerprint density at radius 1 is 1.11 bits per heavy atom. The lowest BCUT2D eigenvalue weighted by Crippen LogP contribution is -2.39. The van der Waals surface area contributed by atoms with Gasteiger partial charge in [-0.05, 0) is 61.7 Å². The molecule has 1 fully saturated rings. The van der Waals surface area contributed by atoms with Gasteiger partial charge >= 0.3 is 0 Å². The fraction of sp³-hybridized carbons (Fsp3) is 0.429. The van der Waals surface area contributed by atoms with Crippen molar-refractivity contribution in [2.75, 3.05) is 19.0 Å². The van der Waals surface area contributed by atoms with Gasteiger partial charge in [-0.2, -0.15) is 4.98 Å². The molecule has 0 amide bonds. The van der Waals surface area contributed by atoms with E-state index in [0.717, 1.165) is 42.9 Å². The molecule has 37 heavy (non-hydrogen) atoms. The zero-order valence-corrected chi connectivity index (χ0v) is 21.8. The van der Waals surface area contributed by atoms with Crippen LogP contribution in [0.4, 0.5) is 11.6 Å². The summed E-state index contributed by atoms with van der Waals surface area (Å²) in [4.78, 5) is 29.5. The molecule has 9 nitrogen and oxygen atoms in total. The first-order valence-electron chi connectivity index (χ1n) is 12.9. The zero-order chi connectivity index (χ0) is 25.9. The van der Waals surface area contributed by atoms with Crippen LogP contribution in [0.25, 0.3) is 16.7 Å². The number of anilines is 2. The van der Waals surface area contributed by atoms with Crippen molar-refractivity contribution in [2.45, 2.75) is 64.1 Å². The van der Waals surface area contributed by atoms with Gasteiger partial charge in [-0.1, -0.05) is 26.8 Å². The van der Waals surface area contributed by atoms with E-state index in [1.165, 1.54) is 11.1 Å². The summed E-state index contributed by atoms with van der Waals surface area (Å²) in [5.74, 6) is 0.436. The molecular weight excluding hydrogens is 466 g/mol. The van der Waals surface area contributed by atoms with Crippen LogP contribution in [0.5, 0.6) is 0 Å². The van der Waals surface area contributed by atoms with Crippen molar-refractivity contribution < 1.29 is 5.11 Å². The van der Waals surface area contributed by atoms with Crippen LogP contribution in [-0.4, -0.2) is 54.0 Å². The highest BCUT2D eigenvalue weighted by Crippen LogP contribution is 2.36. The van der Waals surface area contributed by atoms with Crippen molar-refractivity contribution in [3.63, 3.8) is 0 Å². The van der Waals surface area contributed by atoms with Gasteiger partial charge in [-0.25, -0.2) is 14.3 Å². The number of aromatic nitrogens is 5. The van der Waals surface area contributed by atoms with E-state index < -0.39 is 0 Å². The monoisotopic (exact) mass is 499 g/mol. The number of likely N-dealkylation sites (N-methyl/N-ethyl adjacent to an activating group) is 1. The molecule has 0 bridgehead atoms. The SMILES string of the molecule is CN1Cc2ccc(Nc3ncc4c(=O)n(C5CC5)n(-c5ccnc(C(C)(C)C)c5)c4n3)cc2CC1CO. The lowest BCUT2D eigenvalue weighted by molar-refractivity contribution is 0.131. The Morgan fingerprint density at radius 3 is 2.65 bits per heavy atom. The minimum Gasteiger partial charge on any atom is -0.395 e. The number of nitrogens with zero attached hydrogens (tertiary/aromatic N) is 6. The third-order valence-corrected chi connectivity index (χ3v) is 7.44. The molecule has 0 saturated heterocycles. The average molecular weight is 500 g/mol. The molecule has 1 aliphatic heterocycles. The first-order chi connectivity index (χ1) is 17.7. The van der Waals surface area contributed by atoms with Crippen LogP contribution in [0.3, 0.4) is 0 Å². The summed E-state index contributed by atoms with van der Waals surface area (Å²) < 4.78 is 3.77.